The van der Waals surface area contributed by atoms with E-state index in [0.717, 1.165) is 24.1 Å². The van der Waals surface area contributed by atoms with Gasteiger partial charge < -0.3 is 5.32 Å². The maximum Gasteiger partial charge on any atom is 0.319 e. The molecule has 0 atom stereocenters. The molecule has 1 heterocycles. The molecule has 0 spiro atoms. The average molecular weight is 293 g/mol. The number of nitrogens with one attached hydrogen (secondary N) is 1. The minimum Gasteiger partial charge on any atom is -0.379 e. The third-order valence-corrected chi connectivity index (χ3v) is 3.98. The second-order valence-electron chi connectivity index (χ2n) is 5.23. The number of anilines is 1. The van der Waals surface area contributed by atoms with Gasteiger partial charge in [0.2, 0.25) is 0 Å². The summed E-state index contributed by atoms with van der Waals surface area (Å²) in [6, 6.07) is 3.66. The number of nitrogens with zero attached hydrogens (tertiary/aromatic N) is 2. The minimum atomic E-state index is -0.349. The molecule has 5 nitrogen and oxygen atoms in total. The molecule has 1 aromatic heterocycles. The molecular formula is C14H19N3O2S. The molecular weight excluding hydrogens is 274 g/mol. The Kier molecular flexibility index (Phi) is 4.89. The van der Waals surface area contributed by atoms with Gasteiger partial charge in [-0.25, -0.2) is 4.98 Å². The number of nitro benzene ring substituents is 1. The van der Waals surface area contributed by atoms with Crippen molar-refractivity contribution in [1.82, 2.24) is 4.98 Å². The summed E-state index contributed by atoms with van der Waals surface area (Å²) in [6.45, 7) is 5.16. The summed E-state index contributed by atoms with van der Waals surface area (Å²) >= 11 is 1.42. The van der Waals surface area contributed by atoms with Gasteiger partial charge in [0.15, 0.2) is 5.52 Å². The van der Waals surface area contributed by atoms with Crippen molar-refractivity contribution in [3.05, 3.63) is 27.8 Å². The lowest BCUT2D eigenvalue weighted by atomic mass is 10.1. The molecule has 1 N–H and O–H groups in total. The van der Waals surface area contributed by atoms with E-state index in [4.69, 9.17) is 0 Å². The summed E-state index contributed by atoms with van der Waals surface area (Å²) in [7, 11) is 0. The van der Waals surface area contributed by atoms with Crippen molar-refractivity contribution in [2.75, 3.05) is 11.9 Å². The largest absolute Gasteiger partial charge is 0.379 e. The van der Waals surface area contributed by atoms with Crippen molar-refractivity contribution in [3.63, 3.8) is 0 Å². The summed E-state index contributed by atoms with van der Waals surface area (Å²) in [5.74, 6) is 0.704. The standard InChI is InChI=1S/C14H19N3O2S/c1-10(2)5-3-4-8-15-11-6-7-12-13(16-9-20-12)14(11)17(18)19/h6-7,9-10,15H,3-5,8H2,1-2H3. The van der Waals surface area contributed by atoms with Crippen LogP contribution in [0.1, 0.15) is 33.1 Å². The van der Waals surface area contributed by atoms with Crippen LogP contribution in [0.3, 0.4) is 0 Å². The summed E-state index contributed by atoms with van der Waals surface area (Å²) in [5.41, 5.74) is 2.78. The third-order valence-electron chi connectivity index (χ3n) is 3.18. The SMILES string of the molecule is CC(C)CCCCNc1ccc2scnc2c1[N+](=O)[O-]. The fraction of sp³-hybridized carbons (Fsp3) is 0.500. The van der Waals surface area contributed by atoms with Gasteiger partial charge in [0.05, 0.1) is 15.1 Å². The molecule has 0 amide bonds. The molecule has 0 bridgehead atoms. The zero-order chi connectivity index (χ0) is 14.5. The molecule has 0 aliphatic carbocycles. The van der Waals surface area contributed by atoms with Crippen molar-refractivity contribution in [3.8, 4) is 0 Å². The van der Waals surface area contributed by atoms with Gasteiger partial charge in [0.25, 0.3) is 0 Å². The zero-order valence-corrected chi connectivity index (χ0v) is 12.6. The van der Waals surface area contributed by atoms with E-state index in [1.807, 2.05) is 6.07 Å². The number of fused-ring (bicyclic) bond motifs is 1. The molecule has 0 saturated heterocycles. The van der Waals surface area contributed by atoms with Crippen LogP contribution in [-0.2, 0) is 0 Å². The number of unbranched alkanes of at least 4 members (excludes halogenated alkanes) is 1. The highest BCUT2D eigenvalue weighted by Gasteiger charge is 2.20. The quantitative estimate of drug-likeness (QED) is 0.465. The molecule has 0 aliphatic rings. The first-order valence-corrected chi connectivity index (χ1v) is 7.72. The Bertz CT molecular complexity index is 595. The normalized spacial score (nSPS) is 11.2. The van der Waals surface area contributed by atoms with Crippen LogP contribution < -0.4 is 5.32 Å². The number of aromatic nitrogens is 1. The van der Waals surface area contributed by atoms with Crippen molar-refractivity contribution in [2.45, 2.75) is 33.1 Å². The highest BCUT2D eigenvalue weighted by molar-refractivity contribution is 7.16. The Labute approximate surface area is 122 Å². The molecule has 1 aromatic carbocycles. The Balaban J connectivity index is 2.05. The Morgan fingerprint density at radius 3 is 2.90 bits per heavy atom. The van der Waals surface area contributed by atoms with E-state index in [9.17, 15) is 10.1 Å². The Morgan fingerprint density at radius 2 is 2.20 bits per heavy atom. The third kappa shape index (κ3) is 3.45. The first kappa shape index (κ1) is 14.7. The summed E-state index contributed by atoms with van der Waals surface area (Å²) in [6.07, 6.45) is 3.34. The van der Waals surface area contributed by atoms with Crippen molar-refractivity contribution >= 4 is 32.9 Å². The van der Waals surface area contributed by atoms with Crippen LogP contribution in [0.4, 0.5) is 11.4 Å². The first-order chi connectivity index (χ1) is 9.59. The second-order valence-corrected chi connectivity index (χ2v) is 6.12. The highest BCUT2D eigenvalue weighted by atomic mass is 32.1. The number of nitro groups is 1. The Morgan fingerprint density at radius 1 is 1.40 bits per heavy atom. The van der Waals surface area contributed by atoms with Crippen LogP contribution in [0.15, 0.2) is 17.6 Å². The lowest BCUT2D eigenvalue weighted by Gasteiger charge is -2.08. The van der Waals surface area contributed by atoms with Crippen LogP contribution in [0.25, 0.3) is 10.2 Å². The molecule has 0 unspecified atom stereocenters. The van der Waals surface area contributed by atoms with Gasteiger partial charge in [-0.15, -0.1) is 11.3 Å². The van der Waals surface area contributed by atoms with Gasteiger partial charge in [-0.3, -0.25) is 10.1 Å². The van der Waals surface area contributed by atoms with Gasteiger partial charge in [-0.05, 0) is 24.5 Å². The van der Waals surface area contributed by atoms with E-state index in [1.165, 1.54) is 17.8 Å². The van der Waals surface area contributed by atoms with Gasteiger partial charge in [-0.1, -0.05) is 26.7 Å². The van der Waals surface area contributed by atoms with Crippen LogP contribution >= 0.6 is 11.3 Å². The molecule has 0 aliphatic heterocycles. The maximum atomic E-state index is 11.2. The van der Waals surface area contributed by atoms with Crippen LogP contribution in [0, 0.1) is 16.0 Å². The average Bonchev–Trinajstić information content (AvgIpc) is 2.85. The summed E-state index contributed by atoms with van der Waals surface area (Å²) in [5, 5.41) is 14.4. The number of hydrogen-bond donors (Lipinski definition) is 1. The monoisotopic (exact) mass is 293 g/mol. The number of hydrogen-bond acceptors (Lipinski definition) is 5. The molecule has 2 aromatic rings. The number of thiazole rings is 1. The van der Waals surface area contributed by atoms with Crippen molar-refractivity contribution < 1.29 is 4.92 Å². The topological polar surface area (TPSA) is 68.1 Å². The van der Waals surface area contributed by atoms with E-state index >= 15 is 0 Å². The maximum absolute atomic E-state index is 11.2. The molecule has 0 fully saturated rings. The molecule has 20 heavy (non-hydrogen) atoms. The second kappa shape index (κ2) is 6.65. The lowest BCUT2D eigenvalue weighted by molar-refractivity contribution is -0.382. The van der Waals surface area contributed by atoms with E-state index in [0.29, 0.717) is 17.1 Å². The summed E-state index contributed by atoms with van der Waals surface area (Å²) < 4.78 is 0.849. The van der Waals surface area contributed by atoms with E-state index < -0.39 is 0 Å². The van der Waals surface area contributed by atoms with Crippen LogP contribution in [0.2, 0.25) is 0 Å². The minimum absolute atomic E-state index is 0.0904. The van der Waals surface area contributed by atoms with Gasteiger partial charge in [0.1, 0.15) is 5.69 Å². The summed E-state index contributed by atoms with van der Waals surface area (Å²) in [4.78, 5) is 15.0. The van der Waals surface area contributed by atoms with Gasteiger partial charge in [0, 0.05) is 6.54 Å². The van der Waals surface area contributed by atoms with Crippen molar-refractivity contribution in [2.24, 2.45) is 5.92 Å². The van der Waals surface area contributed by atoms with Gasteiger partial charge >= 0.3 is 5.69 Å². The lowest BCUT2D eigenvalue weighted by Crippen LogP contribution is -2.05. The van der Waals surface area contributed by atoms with Crippen LogP contribution in [0.5, 0.6) is 0 Å². The molecule has 0 saturated carbocycles. The predicted molar refractivity (Wildman–Crippen MR) is 83.5 cm³/mol. The smallest absolute Gasteiger partial charge is 0.319 e. The number of rotatable bonds is 7. The first-order valence-electron chi connectivity index (χ1n) is 6.84. The fourth-order valence-electron chi connectivity index (χ4n) is 2.14. The predicted octanol–water partition coefficient (Wildman–Crippen LogP) is 4.44. The Hall–Kier alpha value is -1.69. The molecule has 2 rings (SSSR count). The highest BCUT2D eigenvalue weighted by Crippen LogP contribution is 2.34. The van der Waals surface area contributed by atoms with Crippen LogP contribution in [-0.4, -0.2) is 16.5 Å². The number of benzene rings is 1. The van der Waals surface area contributed by atoms with E-state index in [1.54, 1.807) is 11.6 Å². The van der Waals surface area contributed by atoms with Crippen molar-refractivity contribution in [1.29, 1.82) is 0 Å². The molecule has 108 valence electrons. The van der Waals surface area contributed by atoms with E-state index in [2.05, 4.69) is 24.1 Å². The zero-order valence-electron chi connectivity index (χ0n) is 11.8. The van der Waals surface area contributed by atoms with E-state index in [-0.39, 0.29) is 10.6 Å². The molecule has 6 heteroatoms. The van der Waals surface area contributed by atoms with Gasteiger partial charge in [-0.2, -0.15) is 0 Å². The fourth-order valence-corrected chi connectivity index (χ4v) is 2.82. The molecule has 0 radical (unpaired) electrons.